The number of hydrogen-bond donors (Lipinski definition) is 1. The molecule has 2 aliphatic heterocycles. The van der Waals surface area contributed by atoms with Crippen molar-refractivity contribution in [2.24, 2.45) is 0 Å². The van der Waals surface area contributed by atoms with Gasteiger partial charge >= 0.3 is 0 Å². The van der Waals surface area contributed by atoms with E-state index < -0.39 is 0 Å². The van der Waals surface area contributed by atoms with Crippen molar-refractivity contribution in [1.82, 2.24) is 19.7 Å². The smallest absolute Gasteiger partial charge is 0.256 e. The number of aromatic amines is 1. The molecule has 2 fully saturated rings. The van der Waals surface area contributed by atoms with Crippen molar-refractivity contribution in [3.05, 3.63) is 34.4 Å². The summed E-state index contributed by atoms with van der Waals surface area (Å²) in [7, 11) is 0. The third kappa shape index (κ3) is 3.82. The molecule has 6 nitrogen and oxygen atoms in total. The second-order valence-electron chi connectivity index (χ2n) is 7.87. The quantitative estimate of drug-likeness (QED) is 0.787. The van der Waals surface area contributed by atoms with Crippen LogP contribution in [0.3, 0.4) is 0 Å². The summed E-state index contributed by atoms with van der Waals surface area (Å²) in [4.78, 5) is 35.0. The van der Waals surface area contributed by atoms with Gasteiger partial charge in [0.05, 0.1) is 12.1 Å². The molecule has 2 amide bonds. The molecule has 0 aliphatic carbocycles. The highest BCUT2D eigenvalue weighted by Gasteiger charge is 2.28. The van der Waals surface area contributed by atoms with Crippen LogP contribution in [0.5, 0.6) is 0 Å². The van der Waals surface area contributed by atoms with Gasteiger partial charge in [0.15, 0.2) is 0 Å². The first kappa shape index (κ1) is 19.5. The van der Waals surface area contributed by atoms with Crippen molar-refractivity contribution in [3.63, 3.8) is 0 Å². The lowest BCUT2D eigenvalue weighted by Gasteiger charge is -2.38. The molecule has 2 saturated heterocycles. The summed E-state index contributed by atoms with van der Waals surface area (Å²) in [6.45, 7) is 6.27. The van der Waals surface area contributed by atoms with Crippen LogP contribution >= 0.6 is 15.9 Å². The molecule has 1 aromatic heterocycles. The van der Waals surface area contributed by atoms with E-state index in [1.165, 1.54) is 6.42 Å². The zero-order valence-electron chi connectivity index (χ0n) is 16.3. The van der Waals surface area contributed by atoms with Crippen LogP contribution in [0, 0.1) is 0 Å². The molecule has 150 valence electrons. The number of H-pyrrole nitrogens is 1. The maximum atomic E-state index is 13.0. The first-order valence-corrected chi connectivity index (χ1v) is 10.9. The molecule has 4 rings (SSSR count). The Morgan fingerprint density at radius 1 is 1.14 bits per heavy atom. The van der Waals surface area contributed by atoms with Gasteiger partial charge in [-0.3, -0.25) is 14.5 Å². The molecular formula is C21H27BrN4O2. The van der Waals surface area contributed by atoms with E-state index in [0.717, 1.165) is 47.9 Å². The molecule has 0 bridgehead atoms. The summed E-state index contributed by atoms with van der Waals surface area (Å²) in [5.41, 5.74) is 1.66. The molecule has 2 aliphatic rings. The summed E-state index contributed by atoms with van der Waals surface area (Å²) in [5.74, 6) is 0.279. The fourth-order valence-corrected chi connectivity index (χ4v) is 4.92. The van der Waals surface area contributed by atoms with Crippen molar-refractivity contribution in [3.8, 4) is 0 Å². The highest BCUT2D eigenvalue weighted by atomic mass is 79.9. The fraction of sp³-hybridized carbons (Fsp3) is 0.524. The van der Waals surface area contributed by atoms with Crippen molar-refractivity contribution in [2.45, 2.75) is 32.2 Å². The Labute approximate surface area is 174 Å². The van der Waals surface area contributed by atoms with E-state index in [1.54, 1.807) is 6.20 Å². The summed E-state index contributed by atoms with van der Waals surface area (Å²) >= 11 is 3.56. The second-order valence-corrected chi connectivity index (χ2v) is 8.72. The largest absolute Gasteiger partial charge is 0.360 e. The Morgan fingerprint density at radius 2 is 1.93 bits per heavy atom. The van der Waals surface area contributed by atoms with Gasteiger partial charge in [-0.15, -0.1) is 0 Å². The normalized spacial score (nSPS) is 21.3. The zero-order valence-corrected chi connectivity index (χ0v) is 17.9. The zero-order chi connectivity index (χ0) is 19.7. The van der Waals surface area contributed by atoms with Crippen LogP contribution in [0.15, 0.2) is 28.9 Å². The van der Waals surface area contributed by atoms with Crippen LogP contribution in [-0.2, 0) is 4.79 Å². The van der Waals surface area contributed by atoms with Gasteiger partial charge in [0.25, 0.3) is 5.91 Å². The summed E-state index contributed by atoms with van der Waals surface area (Å²) in [6.07, 6.45) is 5.23. The molecule has 0 radical (unpaired) electrons. The first-order valence-electron chi connectivity index (χ1n) is 10.1. The Balaban J connectivity index is 1.36. The van der Waals surface area contributed by atoms with E-state index in [4.69, 9.17) is 0 Å². The third-order valence-electron chi connectivity index (χ3n) is 6.03. The number of hydrogen-bond acceptors (Lipinski definition) is 3. The highest BCUT2D eigenvalue weighted by Crippen LogP contribution is 2.28. The van der Waals surface area contributed by atoms with E-state index in [-0.39, 0.29) is 11.8 Å². The Hall–Kier alpha value is -1.86. The number of carbonyl (C=O) groups excluding carboxylic acids is 2. The fourth-order valence-electron chi connectivity index (χ4n) is 4.34. The molecule has 1 aromatic carbocycles. The minimum absolute atomic E-state index is 0.0498. The minimum Gasteiger partial charge on any atom is -0.360 e. The number of rotatable bonds is 3. The van der Waals surface area contributed by atoms with Crippen molar-refractivity contribution in [1.29, 1.82) is 0 Å². The third-order valence-corrected chi connectivity index (χ3v) is 6.69. The van der Waals surface area contributed by atoms with E-state index >= 15 is 0 Å². The topological polar surface area (TPSA) is 59.7 Å². The number of piperidine rings is 1. The molecule has 1 N–H and O–H groups in total. The number of benzene rings is 1. The summed E-state index contributed by atoms with van der Waals surface area (Å²) in [6, 6.07) is 6.24. The van der Waals surface area contributed by atoms with Crippen LogP contribution in [0.25, 0.3) is 10.9 Å². The molecule has 0 unspecified atom stereocenters. The summed E-state index contributed by atoms with van der Waals surface area (Å²) < 4.78 is 0.925. The molecular weight excluding hydrogens is 420 g/mol. The first-order chi connectivity index (χ1) is 13.5. The molecule has 28 heavy (non-hydrogen) atoms. The Bertz CT molecular complexity index is 872. The maximum absolute atomic E-state index is 13.0. The lowest BCUT2D eigenvalue weighted by molar-refractivity contribution is -0.136. The minimum atomic E-state index is 0.0498. The lowest BCUT2D eigenvalue weighted by atomic mass is 10.0. The average molecular weight is 447 g/mol. The highest BCUT2D eigenvalue weighted by molar-refractivity contribution is 9.10. The number of fused-ring (bicyclic) bond motifs is 1. The molecule has 0 saturated carbocycles. The van der Waals surface area contributed by atoms with Crippen LogP contribution in [0.1, 0.15) is 36.5 Å². The molecule has 1 atom stereocenters. The number of nitrogens with one attached hydrogen (secondary N) is 1. The number of piperazine rings is 1. The maximum Gasteiger partial charge on any atom is 0.256 e. The van der Waals surface area contributed by atoms with Gasteiger partial charge in [0.2, 0.25) is 5.91 Å². The van der Waals surface area contributed by atoms with Crippen molar-refractivity contribution >= 4 is 38.6 Å². The van der Waals surface area contributed by atoms with Crippen LogP contribution in [-0.4, -0.2) is 76.8 Å². The molecule has 3 heterocycles. The second kappa shape index (κ2) is 8.25. The molecule has 0 spiro atoms. The molecule has 7 heteroatoms. The van der Waals surface area contributed by atoms with E-state index in [2.05, 4.69) is 32.7 Å². The van der Waals surface area contributed by atoms with Gasteiger partial charge in [-0.05, 0) is 38.3 Å². The number of carbonyl (C=O) groups is 2. The number of likely N-dealkylation sites (tertiary alicyclic amines) is 1. The van der Waals surface area contributed by atoms with Gasteiger partial charge < -0.3 is 14.8 Å². The summed E-state index contributed by atoms with van der Waals surface area (Å²) in [5, 5.41) is 0.934. The van der Waals surface area contributed by atoms with Gasteiger partial charge in [0, 0.05) is 60.3 Å². The number of halogens is 1. The standard InChI is InChI=1S/C21H27BrN4O2/c1-15-5-2-3-8-26(15)19(27)14-24-9-11-25(12-10-24)21(28)16-13-23-18-7-4-6-17(22)20(16)18/h4,6-7,13,15,23H,2-3,5,8-12,14H2,1H3/t15-/m0/s1. The SMILES string of the molecule is C[C@H]1CCCCN1C(=O)CN1CCN(C(=O)c2c[nH]c3cccc(Br)c23)CC1. The average Bonchev–Trinajstić information content (AvgIpc) is 3.14. The lowest BCUT2D eigenvalue weighted by Crippen LogP contribution is -2.53. The van der Waals surface area contributed by atoms with Gasteiger partial charge in [-0.25, -0.2) is 0 Å². The van der Waals surface area contributed by atoms with Crippen molar-refractivity contribution in [2.75, 3.05) is 39.3 Å². The van der Waals surface area contributed by atoms with Crippen molar-refractivity contribution < 1.29 is 9.59 Å². The van der Waals surface area contributed by atoms with Gasteiger partial charge in [-0.2, -0.15) is 0 Å². The van der Waals surface area contributed by atoms with Crippen LogP contribution < -0.4 is 0 Å². The number of aromatic nitrogens is 1. The van der Waals surface area contributed by atoms with Crippen LogP contribution in [0.4, 0.5) is 0 Å². The van der Waals surface area contributed by atoms with Gasteiger partial charge in [0.1, 0.15) is 0 Å². The van der Waals surface area contributed by atoms with E-state index in [1.807, 2.05) is 28.0 Å². The van der Waals surface area contributed by atoms with E-state index in [0.29, 0.717) is 31.2 Å². The van der Waals surface area contributed by atoms with Gasteiger partial charge in [-0.1, -0.05) is 22.0 Å². The monoisotopic (exact) mass is 446 g/mol. The van der Waals surface area contributed by atoms with Crippen LogP contribution in [0.2, 0.25) is 0 Å². The predicted molar refractivity (Wildman–Crippen MR) is 113 cm³/mol. The van der Waals surface area contributed by atoms with E-state index in [9.17, 15) is 9.59 Å². The predicted octanol–water partition coefficient (Wildman–Crippen LogP) is 3.09. The Kier molecular flexibility index (Phi) is 5.73. The number of amides is 2. The number of nitrogens with zero attached hydrogens (tertiary/aromatic N) is 3. The Morgan fingerprint density at radius 3 is 2.68 bits per heavy atom. The molecule has 2 aromatic rings.